The summed E-state index contributed by atoms with van der Waals surface area (Å²) >= 11 is 0. The smallest absolute Gasteiger partial charge is 0.238 e. The van der Waals surface area contributed by atoms with Crippen LogP contribution in [0.3, 0.4) is 0 Å². The molecule has 30 heavy (non-hydrogen) atoms. The van der Waals surface area contributed by atoms with Gasteiger partial charge < -0.3 is 4.74 Å². The first kappa shape index (κ1) is 20.1. The van der Waals surface area contributed by atoms with Crippen molar-refractivity contribution < 1.29 is 19.1 Å². The first-order valence-corrected chi connectivity index (χ1v) is 10.3. The second-order valence-corrected chi connectivity index (χ2v) is 8.20. The van der Waals surface area contributed by atoms with Gasteiger partial charge in [0.25, 0.3) is 0 Å². The fourth-order valence-corrected chi connectivity index (χ4v) is 4.18. The lowest BCUT2D eigenvalue weighted by molar-refractivity contribution is -0.122. The summed E-state index contributed by atoms with van der Waals surface area (Å²) in [4.78, 5) is 39.5. The van der Waals surface area contributed by atoms with E-state index in [4.69, 9.17) is 4.74 Å². The summed E-state index contributed by atoms with van der Waals surface area (Å²) in [5.74, 6) is -0.370. The number of nitrogens with zero attached hydrogens (tertiary/aromatic N) is 1. The number of fused-ring (bicyclic) bond motifs is 1. The van der Waals surface area contributed by atoms with Gasteiger partial charge in [-0.2, -0.15) is 0 Å². The van der Waals surface area contributed by atoms with Gasteiger partial charge in [-0.15, -0.1) is 0 Å². The molecule has 5 nitrogen and oxygen atoms in total. The molecule has 1 fully saturated rings. The molecule has 1 aliphatic carbocycles. The molecule has 0 spiro atoms. The number of allylic oxidation sites excluding steroid dienone is 2. The molecule has 154 valence electrons. The molecule has 2 aromatic carbocycles. The summed E-state index contributed by atoms with van der Waals surface area (Å²) < 4.78 is 5.79. The molecule has 2 aromatic rings. The lowest BCUT2D eigenvalue weighted by atomic mass is 9.82. The number of hydrogen-bond acceptors (Lipinski definition) is 4. The normalized spacial score (nSPS) is 21.8. The highest BCUT2D eigenvalue weighted by atomic mass is 16.5. The van der Waals surface area contributed by atoms with Crippen molar-refractivity contribution in [3.63, 3.8) is 0 Å². The zero-order valence-electron chi connectivity index (χ0n) is 17.4. The van der Waals surface area contributed by atoms with Gasteiger partial charge in [-0.25, -0.2) is 0 Å². The third-order valence-electron chi connectivity index (χ3n) is 5.94. The first-order chi connectivity index (χ1) is 14.3. The molecule has 0 saturated carbocycles. The average molecular weight is 403 g/mol. The number of amides is 2. The van der Waals surface area contributed by atoms with Crippen LogP contribution in [0.25, 0.3) is 0 Å². The highest BCUT2D eigenvalue weighted by Crippen LogP contribution is 2.40. The van der Waals surface area contributed by atoms with E-state index in [2.05, 4.69) is 6.08 Å². The molecule has 0 radical (unpaired) electrons. The molecule has 0 bridgehead atoms. The van der Waals surface area contributed by atoms with E-state index in [0.29, 0.717) is 29.8 Å². The number of Topliss-reactive ketones (excluding diaryl/α,β-unsaturated/α-hetero) is 1. The summed E-state index contributed by atoms with van der Waals surface area (Å²) in [6.07, 6.45) is 2.67. The van der Waals surface area contributed by atoms with Crippen LogP contribution in [-0.4, -0.2) is 23.7 Å². The Labute approximate surface area is 176 Å². The Balaban J connectivity index is 1.45. The Bertz CT molecular complexity index is 1020. The minimum absolute atomic E-state index is 0.101. The molecule has 0 N–H and O–H groups in total. The van der Waals surface area contributed by atoms with Crippen molar-refractivity contribution in [1.82, 2.24) is 0 Å². The van der Waals surface area contributed by atoms with Crippen molar-refractivity contribution in [3.8, 4) is 5.75 Å². The molecule has 4 rings (SSSR count). The summed E-state index contributed by atoms with van der Waals surface area (Å²) in [5.41, 5.74) is 3.40. The van der Waals surface area contributed by atoms with Crippen molar-refractivity contribution in [2.24, 2.45) is 11.8 Å². The molecule has 2 aliphatic rings. The van der Waals surface area contributed by atoms with Gasteiger partial charge in [0.1, 0.15) is 5.75 Å². The number of carbonyl (C=O) groups is 3. The van der Waals surface area contributed by atoms with E-state index in [9.17, 15) is 14.4 Å². The number of benzene rings is 2. The number of aryl methyl sites for hydroxylation is 1. The predicted molar refractivity (Wildman–Crippen MR) is 115 cm³/mol. The van der Waals surface area contributed by atoms with Crippen LogP contribution in [0.15, 0.2) is 60.2 Å². The highest BCUT2D eigenvalue weighted by molar-refractivity contribution is 6.22. The molecular weight excluding hydrogens is 378 g/mol. The number of ketones is 1. The molecule has 5 heteroatoms. The van der Waals surface area contributed by atoms with E-state index >= 15 is 0 Å². The second kappa shape index (κ2) is 7.90. The average Bonchev–Trinajstić information content (AvgIpc) is 2.98. The van der Waals surface area contributed by atoms with Crippen LogP contribution in [0.5, 0.6) is 5.75 Å². The van der Waals surface area contributed by atoms with Gasteiger partial charge in [-0.05, 0) is 57.9 Å². The summed E-state index contributed by atoms with van der Waals surface area (Å²) in [6.45, 7) is 5.68. The number of carbonyl (C=O) groups excluding carboxylic acids is 3. The number of ether oxygens (including phenoxy) is 1. The Hall–Kier alpha value is -3.21. The van der Waals surface area contributed by atoms with Crippen molar-refractivity contribution in [3.05, 3.63) is 71.3 Å². The monoisotopic (exact) mass is 403 g/mol. The molecule has 2 amide bonds. The molecule has 3 atom stereocenters. The predicted octanol–water partition coefficient (Wildman–Crippen LogP) is 4.49. The standard InChI is InChI=1S/C25H25NO4/c1-15-4-7-18(8-5-15)23(27)17(3)30-20-11-9-19(10-12-20)26-24(28)21-13-6-16(2)14-22(21)25(26)29/h4-12,17,21-22H,13-14H2,1-3H3/t17-,21-,22-/m0/s1. The van der Waals surface area contributed by atoms with E-state index < -0.39 is 6.10 Å². The van der Waals surface area contributed by atoms with Gasteiger partial charge in [0.05, 0.1) is 17.5 Å². The van der Waals surface area contributed by atoms with E-state index in [1.807, 2.05) is 26.0 Å². The van der Waals surface area contributed by atoms with Crippen LogP contribution in [-0.2, 0) is 9.59 Å². The van der Waals surface area contributed by atoms with Gasteiger partial charge in [-0.3, -0.25) is 19.3 Å². The minimum Gasteiger partial charge on any atom is -0.483 e. The van der Waals surface area contributed by atoms with Gasteiger partial charge in [0.15, 0.2) is 6.10 Å². The Kier molecular flexibility index (Phi) is 5.29. The van der Waals surface area contributed by atoms with Gasteiger partial charge in [-0.1, -0.05) is 41.5 Å². The highest BCUT2D eigenvalue weighted by Gasteiger charge is 2.48. The third-order valence-corrected chi connectivity index (χ3v) is 5.94. The fourth-order valence-electron chi connectivity index (χ4n) is 4.18. The number of imide groups is 1. The van der Waals surface area contributed by atoms with Gasteiger partial charge in [0, 0.05) is 5.56 Å². The molecule has 1 heterocycles. The van der Waals surface area contributed by atoms with Crippen LogP contribution in [0.1, 0.15) is 42.6 Å². The van der Waals surface area contributed by atoms with E-state index in [1.54, 1.807) is 43.3 Å². The molecule has 1 aliphatic heterocycles. The lowest BCUT2D eigenvalue weighted by Crippen LogP contribution is -2.30. The number of hydrogen-bond donors (Lipinski definition) is 0. The van der Waals surface area contributed by atoms with Crippen molar-refractivity contribution >= 4 is 23.3 Å². The van der Waals surface area contributed by atoms with Crippen LogP contribution in [0, 0.1) is 18.8 Å². The zero-order chi connectivity index (χ0) is 21.4. The largest absolute Gasteiger partial charge is 0.483 e. The zero-order valence-corrected chi connectivity index (χ0v) is 17.4. The van der Waals surface area contributed by atoms with Crippen LogP contribution in [0.4, 0.5) is 5.69 Å². The maximum absolute atomic E-state index is 12.8. The van der Waals surface area contributed by atoms with Crippen LogP contribution < -0.4 is 9.64 Å². The minimum atomic E-state index is -0.648. The fraction of sp³-hybridized carbons (Fsp3) is 0.320. The van der Waals surface area contributed by atoms with Crippen molar-refractivity contribution in [2.75, 3.05) is 4.90 Å². The Morgan fingerprint density at radius 1 is 0.967 bits per heavy atom. The van der Waals surface area contributed by atoms with Crippen molar-refractivity contribution in [2.45, 2.75) is 39.7 Å². The quantitative estimate of drug-likeness (QED) is 0.419. The summed E-state index contributed by atoms with van der Waals surface area (Å²) in [6, 6.07) is 14.2. The van der Waals surface area contributed by atoms with Gasteiger partial charge in [0.2, 0.25) is 17.6 Å². The second-order valence-electron chi connectivity index (χ2n) is 8.20. The Morgan fingerprint density at radius 3 is 2.27 bits per heavy atom. The number of anilines is 1. The van der Waals surface area contributed by atoms with Crippen LogP contribution >= 0.6 is 0 Å². The van der Waals surface area contributed by atoms with Gasteiger partial charge >= 0.3 is 0 Å². The van der Waals surface area contributed by atoms with E-state index in [-0.39, 0.29) is 29.4 Å². The maximum Gasteiger partial charge on any atom is 0.238 e. The SMILES string of the molecule is CC1=CC[C@@H]2C(=O)N(c3ccc(O[C@@H](C)C(=O)c4ccc(C)cc4)cc3)C(=O)[C@H]2C1. The molecule has 0 unspecified atom stereocenters. The van der Waals surface area contributed by atoms with Crippen LogP contribution in [0.2, 0.25) is 0 Å². The number of rotatable bonds is 5. The topological polar surface area (TPSA) is 63.7 Å². The summed E-state index contributed by atoms with van der Waals surface area (Å²) in [7, 11) is 0. The van der Waals surface area contributed by atoms with E-state index in [1.165, 1.54) is 4.90 Å². The Morgan fingerprint density at radius 2 is 1.60 bits per heavy atom. The first-order valence-electron chi connectivity index (χ1n) is 10.3. The summed E-state index contributed by atoms with van der Waals surface area (Å²) in [5, 5.41) is 0. The molecule has 1 saturated heterocycles. The molecular formula is C25H25NO4. The van der Waals surface area contributed by atoms with E-state index in [0.717, 1.165) is 11.1 Å². The lowest BCUT2D eigenvalue weighted by Gasteiger charge is -2.18. The molecule has 0 aromatic heterocycles. The third kappa shape index (κ3) is 3.67. The maximum atomic E-state index is 12.8. The van der Waals surface area contributed by atoms with Crippen molar-refractivity contribution in [1.29, 1.82) is 0 Å².